The van der Waals surface area contributed by atoms with Gasteiger partial charge in [0.2, 0.25) is 0 Å². The Morgan fingerprint density at radius 3 is 2.30 bits per heavy atom. The van der Waals surface area contributed by atoms with Gasteiger partial charge in [0, 0.05) is 10.9 Å². The Morgan fingerprint density at radius 1 is 1.00 bits per heavy atom. The molecule has 0 fully saturated rings. The normalized spacial score (nSPS) is 11.7. The van der Waals surface area contributed by atoms with E-state index in [0.717, 1.165) is 24.2 Å². The smallest absolute Gasteiger partial charge is 0.123 e. The van der Waals surface area contributed by atoms with Crippen LogP contribution in [-0.4, -0.2) is 5.75 Å². The molecule has 2 aromatic carbocycles. The van der Waals surface area contributed by atoms with Crippen molar-refractivity contribution in [2.45, 2.75) is 23.8 Å². The summed E-state index contributed by atoms with van der Waals surface area (Å²) in [6, 6.07) is 16.8. The second-order valence-corrected chi connectivity index (χ2v) is 5.63. The number of nitrogens with two attached hydrogens (primary N) is 1. The van der Waals surface area contributed by atoms with Gasteiger partial charge in [0.1, 0.15) is 5.82 Å². The molecule has 2 rings (SSSR count). The molecule has 1 atom stereocenters. The lowest BCUT2D eigenvalue weighted by Crippen LogP contribution is -2.10. The standard InChI is InChI=1S/C16H18FNS.ClH/c17-14-10-8-13(9-11-14)16(18)7-4-12-19-15-5-2-1-3-6-15;/h1-3,5-6,8-11,16H,4,7,12,18H2;1H. The Balaban J connectivity index is 0.00000200. The molecule has 2 N–H and O–H groups in total. The molecule has 1 unspecified atom stereocenters. The van der Waals surface area contributed by atoms with Crippen LogP contribution in [0, 0.1) is 5.82 Å². The van der Waals surface area contributed by atoms with E-state index in [1.807, 2.05) is 30.0 Å². The van der Waals surface area contributed by atoms with Gasteiger partial charge in [-0.1, -0.05) is 30.3 Å². The minimum atomic E-state index is -0.212. The Bertz CT molecular complexity index is 490. The molecule has 2 aromatic rings. The van der Waals surface area contributed by atoms with E-state index in [9.17, 15) is 4.39 Å². The van der Waals surface area contributed by atoms with Crippen molar-refractivity contribution in [3.8, 4) is 0 Å². The fourth-order valence-corrected chi connectivity index (χ4v) is 2.78. The highest BCUT2D eigenvalue weighted by atomic mass is 35.5. The molecule has 0 aromatic heterocycles. The van der Waals surface area contributed by atoms with Crippen molar-refractivity contribution in [1.29, 1.82) is 0 Å². The number of benzene rings is 2. The highest BCUT2D eigenvalue weighted by Crippen LogP contribution is 2.21. The maximum absolute atomic E-state index is 12.8. The summed E-state index contributed by atoms with van der Waals surface area (Å²) in [6.07, 6.45) is 1.98. The third-order valence-corrected chi connectivity index (χ3v) is 4.07. The molecule has 1 nitrogen and oxygen atoms in total. The molecular formula is C16H19ClFNS. The Morgan fingerprint density at radius 2 is 1.65 bits per heavy atom. The zero-order valence-electron chi connectivity index (χ0n) is 11.2. The minimum absolute atomic E-state index is 0. The Labute approximate surface area is 130 Å². The van der Waals surface area contributed by atoms with Crippen LogP contribution in [0.25, 0.3) is 0 Å². The van der Waals surface area contributed by atoms with E-state index < -0.39 is 0 Å². The summed E-state index contributed by atoms with van der Waals surface area (Å²) in [6.45, 7) is 0. The summed E-state index contributed by atoms with van der Waals surface area (Å²) in [5, 5.41) is 0. The van der Waals surface area contributed by atoms with Crippen LogP contribution in [0.5, 0.6) is 0 Å². The van der Waals surface area contributed by atoms with Crippen LogP contribution >= 0.6 is 24.2 Å². The molecule has 0 saturated carbocycles. The van der Waals surface area contributed by atoms with Crippen molar-refractivity contribution in [1.82, 2.24) is 0 Å². The summed E-state index contributed by atoms with van der Waals surface area (Å²) >= 11 is 1.84. The van der Waals surface area contributed by atoms with Gasteiger partial charge in [-0.15, -0.1) is 24.2 Å². The van der Waals surface area contributed by atoms with Gasteiger partial charge < -0.3 is 5.73 Å². The van der Waals surface area contributed by atoms with Gasteiger partial charge in [0.15, 0.2) is 0 Å². The Kier molecular flexibility index (Phi) is 7.67. The number of halogens is 2. The van der Waals surface area contributed by atoms with Crippen LogP contribution in [0.15, 0.2) is 59.5 Å². The third kappa shape index (κ3) is 5.53. The second-order valence-electron chi connectivity index (χ2n) is 4.46. The second kappa shape index (κ2) is 9.01. The summed E-state index contributed by atoms with van der Waals surface area (Å²) < 4.78 is 12.8. The predicted octanol–water partition coefficient (Wildman–Crippen LogP) is 4.82. The fraction of sp³-hybridized carbons (Fsp3) is 0.250. The molecule has 0 heterocycles. The summed E-state index contributed by atoms with van der Waals surface area (Å²) in [5.74, 6) is 0.842. The van der Waals surface area contributed by atoms with E-state index in [-0.39, 0.29) is 24.3 Å². The van der Waals surface area contributed by atoms with Gasteiger partial charge in [0.05, 0.1) is 0 Å². The third-order valence-electron chi connectivity index (χ3n) is 2.97. The Hall–Kier alpha value is -1.03. The number of hydrogen-bond donors (Lipinski definition) is 1. The monoisotopic (exact) mass is 311 g/mol. The largest absolute Gasteiger partial charge is 0.324 e. The molecule has 108 valence electrons. The van der Waals surface area contributed by atoms with E-state index in [0.29, 0.717) is 0 Å². The summed E-state index contributed by atoms with van der Waals surface area (Å²) in [4.78, 5) is 1.29. The lowest BCUT2D eigenvalue weighted by Gasteiger charge is -2.11. The van der Waals surface area contributed by atoms with Crippen molar-refractivity contribution < 1.29 is 4.39 Å². The van der Waals surface area contributed by atoms with E-state index in [4.69, 9.17) is 5.73 Å². The van der Waals surface area contributed by atoms with E-state index in [1.54, 1.807) is 12.1 Å². The van der Waals surface area contributed by atoms with Gasteiger partial charge >= 0.3 is 0 Å². The van der Waals surface area contributed by atoms with Gasteiger partial charge in [-0.25, -0.2) is 4.39 Å². The summed E-state index contributed by atoms with van der Waals surface area (Å²) in [5.41, 5.74) is 7.10. The van der Waals surface area contributed by atoms with Crippen LogP contribution < -0.4 is 5.73 Å². The van der Waals surface area contributed by atoms with Crippen molar-refractivity contribution in [2.75, 3.05) is 5.75 Å². The van der Waals surface area contributed by atoms with Crippen molar-refractivity contribution in [3.63, 3.8) is 0 Å². The van der Waals surface area contributed by atoms with Crippen LogP contribution in [0.4, 0.5) is 4.39 Å². The number of hydrogen-bond acceptors (Lipinski definition) is 2. The average Bonchev–Trinajstić information content (AvgIpc) is 2.45. The number of thioether (sulfide) groups is 1. The zero-order valence-corrected chi connectivity index (χ0v) is 12.8. The van der Waals surface area contributed by atoms with Crippen molar-refractivity contribution in [2.24, 2.45) is 5.73 Å². The minimum Gasteiger partial charge on any atom is -0.324 e. The molecular weight excluding hydrogens is 293 g/mol. The first-order valence-corrected chi connectivity index (χ1v) is 7.43. The van der Waals surface area contributed by atoms with Crippen molar-refractivity contribution >= 4 is 24.2 Å². The van der Waals surface area contributed by atoms with Gasteiger partial charge in [0.25, 0.3) is 0 Å². The average molecular weight is 312 g/mol. The molecule has 0 aliphatic heterocycles. The lowest BCUT2D eigenvalue weighted by atomic mass is 10.0. The van der Waals surface area contributed by atoms with E-state index in [2.05, 4.69) is 12.1 Å². The van der Waals surface area contributed by atoms with Crippen LogP contribution in [0.3, 0.4) is 0 Å². The first kappa shape index (κ1) is 17.0. The number of rotatable bonds is 6. The zero-order chi connectivity index (χ0) is 13.5. The van der Waals surface area contributed by atoms with Gasteiger partial charge in [-0.2, -0.15) is 0 Å². The van der Waals surface area contributed by atoms with E-state index in [1.165, 1.54) is 17.0 Å². The highest BCUT2D eigenvalue weighted by molar-refractivity contribution is 7.99. The molecule has 0 saturated heterocycles. The van der Waals surface area contributed by atoms with Crippen molar-refractivity contribution in [3.05, 3.63) is 66.0 Å². The fourth-order valence-electron chi connectivity index (χ4n) is 1.89. The quantitative estimate of drug-likeness (QED) is 0.611. The van der Waals surface area contributed by atoms with E-state index >= 15 is 0 Å². The van der Waals surface area contributed by atoms with Crippen LogP contribution in [0.2, 0.25) is 0 Å². The SMILES string of the molecule is Cl.NC(CCCSc1ccccc1)c1ccc(F)cc1. The topological polar surface area (TPSA) is 26.0 Å². The maximum atomic E-state index is 12.8. The molecule has 0 amide bonds. The molecule has 20 heavy (non-hydrogen) atoms. The highest BCUT2D eigenvalue weighted by Gasteiger charge is 2.05. The summed E-state index contributed by atoms with van der Waals surface area (Å²) in [7, 11) is 0. The molecule has 0 radical (unpaired) electrons. The first-order valence-electron chi connectivity index (χ1n) is 6.44. The van der Waals surface area contributed by atoms with Gasteiger partial charge in [-0.05, 0) is 48.4 Å². The van der Waals surface area contributed by atoms with Gasteiger partial charge in [-0.3, -0.25) is 0 Å². The first-order chi connectivity index (χ1) is 9.25. The van der Waals surface area contributed by atoms with Crippen LogP contribution in [-0.2, 0) is 0 Å². The lowest BCUT2D eigenvalue weighted by molar-refractivity contribution is 0.617. The maximum Gasteiger partial charge on any atom is 0.123 e. The molecule has 4 heteroatoms. The predicted molar refractivity (Wildman–Crippen MR) is 87.0 cm³/mol. The molecule has 0 bridgehead atoms. The van der Waals surface area contributed by atoms with Crippen LogP contribution in [0.1, 0.15) is 24.4 Å². The molecule has 0 aliphatic rings. The molecule has 0 spiro atoms. The molecule has 0 aliphatic carbocycles.